The van der Waals surface area contributed by atoms with Gasteiger partial charge in [-0.1, -0.05) is 188 Å². The van der Waals surface area contributed by atoms with Crippen LogP contribution >= 0.6 is 11.3 Å². The van der Waals surface area contributed by atoms with Crippen LogP contribution in [0.1, 0.15) is 0 Å². The summed E-state index contributed by atoms with van der Waals surface area (Å²) in [5.41, 5.74) is 12.8. The van der Waals surface area contributed by atoms with Crippen LogP contribution in [0.15, 0.2) is 218 Å². The van der Waals surface area contributed by atoms with Crippen molar-refractivity contribution in [2.45, 2.75) is 0 Å². The van der Waals surface area contributed by atoms with E-state index >= 15 is 0 Å². The molecule has 0 aliphatic heterocycles. The standard InChI is InChI=1S/C57H36N4S/c1-3-16-37(17-4-1)41-34-35-49(52(36-41)61-50-27-12-9-21-44(50)45-22-10-13-28-51(45)61)57-59-55(58-56(60-57)48-24-8-7-20-42(48)38-18-5-2-6-19-38)40-32-30-39(31-33-40)43-25-15-26-47-46-23-11-14-29-53(46)62-54(43)47/h1-36H. The van der Waals surface area contributed by atoms with E-state index < -0.39 is 0 Å². The quantitative estimate of drug-likeness (QED) is 0.161. The number of nitrogens with zero attached hydrogens (tertiary/aromatic N) is 4. The van der Waals surface area contributed by atoms with Gasteiger partial charge in [-0.2, -0.15) is 0 Å². The van der Waals surface area contributed by atoms with E-state index in [9.17, 15) is 0 Å². The van der Waals surface area contributed by atoms with E-state index in [0.29, 0.717) is 17.5 Å². The van der Waals surface area contributed by atoms with Gasteiger partial charge in [0, 0.05) is 47.6 Å². The molecule has 12 aromatic rings. The van der Waals surface area contributed by atoms with E-state index in [2.05, 4.69) is 217 Å². The molecule has 0 radical (unpaired) electrons. The number of para-hydroxylation sites is 2. The summed E-state index contributed by atoms with van der Waals surface area (Å²) in [6.45, 7) is 0. The zero-order valence-corrected chi connectivity index (χ0v) is 34.3. The van der Waals surface area contributed by atoms with Crippen molar-refractivity contribution in [3.05, 3.63) is 218 Å². The van der Waals surface area contributed by atoms with Gasteiger partial charge in [-0.15, -0.1) is 11.3 Å². The lowest BCUT2D eigenvalue weighted by molar-refractivity contribution is 1.06. The molecule has 0 saturated carbocycles. The molecule has 4 nitrogen and oxygen atoms in total. The van der Waals surface area contributed by atoms with E-state index in [0.717, 1.165) is 61.2 Å². The third kappa shape index (κ3) is 6.09. The first-order valence-corrected chi connectivity index (χ1v) is 21.7. The largest absolute Gasteiger partial charge is 0.308 e. The van der Waals surface area contributed by atoms with E-state index in [1.165, 1.54) is 36.5 Å². The van der Waals surface area contributed by atoms with Crippen LogP contribution < -0.4 is 0 Å². The first kappa shape index (κ1) is 35.9. The third-order valence-corrected chi connectivity index (χ3v) is 13.1. The lowest BCUT2D eigenvalue weighted by Crippen LogP contribution is -2.04. The summed E-state index contributed by atoms with van der Waals surface area (Å²) in [6, 6.07) is 77.4. The predicted octanol–water partition coefficient (Wildman–Crippen LogP) is 15.3. The Hall–Kier alpha value is -7.99. The first-order chi connectivity index (χ1) is 30.7. The van der Waals surface area contributed by atoms with E-state index in [-0.39, 0.29) is 0 Å². The van der Waals surface area contributed by atoms with Crippen molar-refractivity contribution >= 4 is 53.3 Å². The van der Waals surface area contributed by atoms with Crippen molar-refractivity contribution in [1.82, 2.24) is 19.5 Å². The number of aromatic nitrogens is 4. The fraction of sp³-hybridized carbons (Fsp3) is 0. The Kier molecular flexibility index (Phi) is 8.65. The Morgan fingerprint density at radius 3 is 1.53 bits per heavy atom. The smallest absolute Gasteiger partial charge is 0.166 e. The molecule has 0 saturated heterocycles. The van der Waals surface area contributed by atoms with Gasteiger partial charge < -0.3 is 4.57 Å². The molecule has 62 heavy (non-hydrogen) atoms. The second-order valence-electron chi connectivity index (χ2n) is 15.5. The van der Waals surface area contributed by atoms with Gasteiger partial charge in [0.25, 0.3) is 0 Å². The van der Waals surface area contributed by atoms with E-state index in [4.69, 9.17) is 15.0 Å². The van der Waals surface area contributed by atoms with Gasteiger partial charge in [-0.3, -0.25) is 0 Å². The molecule has 0 amide bonds. The lowest BCUT2D eigenvalue weighted by atomic mass is 9.98. The number of thiophene rings is 1. The second kappa shape index (κ2) is 14.9. The Morgan fingerprint density at radius 2 is 0.806 bits per heavy atom. The zero-order chi connectivity index (χ0) is 41.0. The van der Waals surface area contributed by atoms with E-state index in [1.54, 1.807) is 0 Å². The van der Waals surface area contributed by atoms with Crippen LogP contribution in [-0.2, 0) is 0 Å². The minimum absolute atomic E-state index is 0.600. The molecular weight excluding hydrogens is 773 g/mol. The average molecular weight is 809 g/mol. The summed E-state index contributed by atoms with van der Waals surface area (Å²) in [6.07, 6.45) is 0. The van der Waals surface area contributed by atoms with Gasteiger partial charge in [0.15, 0.2) is 17.5 Å². The first-order valence-electron chi connectivity index (χ1n) is 20.9. The second-order valence-corrected chi connectivity index (χ2v) is 16.6. The van der Waals surface area contributed by atoms with Crippen LogP contribution in [0.3, 0.4) is 0 Å². The van der Waals surface area contributed by atoms with Crippen molar-refractivity contribution < 1.29 is 0 Å². The van der Waals surface area contributed by atoms with Gasteiger partial charge in [-0.05, 0) is 63.7 Å². The fourth-order valence-electron chi connectivity index (χ4n) is 8.96. The van der Waals surface area contributed by atoms with E-state index in [1.807, 2.05) is 17.4 Å². The SMILES string of the molecule is c1ccc(-c2ccc(-c3nc(-c4ccc(-c5cccc6c5sc5ccccc56)cc4)nc(-c4ccccc4-c4ccccc4)n3)c(-n3c4ccccc4c4ccccc43)c2)cc1. The highest BCUT2D eigenvalue weighted by atomic mass is 32.1. The Morgan fingerprint density at radius 1 is 0.306 bits per heavy atom. The molecule has 9 aromatic carbocycles. The van der Waals surface area contributed by atoms with Crippen LogP contribution in [0.5, 0.6) is 0 Å². The molecule has 0 fully saturated rings. The number of fused-ring (bicyclic) bond motifs is 6. The normalized spacial score (nSPS) is 11.5. The number of hydrogen-bond donors (Lipinski definition) is 0. The molecule has 0 spiro atoms. The van der Waals surface area contributed by atoms with Crippen molar-refractivity contribution in [2.75, 3.05) is 0 Å². The zero-order valence-electron chi connectivity index (χ0n) is 33.5. The number of hydrogen-bond acceptors (Lipinski definition) is 4. The summed E-state index contributed by atoms with van der Waals surface area (Å²) >= 11 is 1.85. The maximum atomic E-state index is 5.40. The molecule has 0 bridgehead atoms. The summed E-state index contributed by atoms with van der Waals surface area (Å²) in [5.74, 6) is 1.83. The molecular formula is C57H36N4S. The lowest BCUT2D eigenvalue weighted by Gasteiger charge is -2.17. The van der Waals surface area contributed by atoms with Crippen molar-refractivity contribution in [3.8, 4) is 73.2 Å². The highest BCUT2D eigenvalue weighted by molar-refractivity contribution is 7.26. The molecule has 0 unspecified atom stereocenters. The molecule has 0 atom stereocenters. The topological polar surface area (TPSA) is 43.6 Å². The highest BCUT2D eigenvalue weighted by Gasteiger charge is 2.21. The highest BCUT2D eigenvalue weighted by Crippen LogP contribution is 2.42. The van der Waals surface area contributed by atoms with Crippen molar-refractivity contribution in [2.24, 2.45) is 0 Å². The minimum Gasteiger partial charge on any atom is -0.308 e. The number of benzene rings is 9. The van der Waals surface area contributed by atoms with Crippen molar-refractivity contribution in [3.63, 3.8) is 0 Å². The van der Waals surface area contributed by atoms with Crippen LogP contribution in [0.2, 0.25) is 0 Å². The fourth-order valence-corrected chi connectivity index (χ4v) is 10.2. The molecule has 3 aromatic heterocycles. The van der Waals surface area contributed by atoms with Crippen molar-refractivity contribution in [1.29, 1.82) is 0 Å². The molecule has 0 aliphatic carbocycles. The monoisotopic (exact) mass is 808 g/mol. The summed E-state index contributed by atoms with van der Waals surface area (Å²) in [7, 11) is 0. The predicted molar refractivity (Wildman–Crippen MR) is 260 cm³/mol. The van der Waals surface area contributed by atoms with Gasteiger partial charge >= 0.3 is 0 Å². The maximum Gasteiger partial charge on any atom is 0.166 e. The minimum atomic E-state index is 0.600. The summed E-state index contributed by atoms with van der Waals surface area (Å²) < 4.78 is 4.96. The molecule has 12 rings (SSSR count). The van der Waals surface area contributed by atoms with Gasteiger partial charge in [-0.25, -0.2) is 15.0 Å². The maximum absolute atomic E-state index is 5.40. The molecule has 0 N–H and O–H groups in total. The van der Waals surface area contributed by atoms with Crippen LogP contribution in [0.4, 0.5) is 0 Å². The summed E-state index contributed by atoms with van der Waals surface area (Å²) in [5, 5.41) is 4.97. The number of rotatable bonds is 7. The van der Waals surface area contributed by atoms with Crippen LogP contribution in [-0.4, -0.2) is 19.5 Å². The van der Waals surface area contributed by atoms with Crippen LogP contribution in [0.25, 0.3) is 115 Å². The molecule has 3 heterocycles. The third-order valence-electron chi connectivity index (χ3n) is 11.9. The molecule has 5 heteroatoms. The molecule has 0 aliphatic rings. The van der Waals surface area contributed by atoms with Gasteiger partial charge in [0.2, 0.25) is 0 Å². The van der Waals surface area contributed by atoms with Crippen LogP contribution in [0, 0.1) is 0 Å². The molecule has 290 valence electrons. The Bertz CT molecular complexity index is 3570. The average Bonchev–Trinajstić information content (AvgIpc) is 3.90. The Balaban J connectivity index is 1.09. The van der Waals surface area contributed by atoms with Gasteiger partial charge in [0.05, 0.1) is 16.7 Å². The summed E-state index contributed by atoms with van der Waals surface area (Å²) in [4.78, 5) is 16.1. The Labute approximate surface area is 362 Å². The van der Waals surface area contributed by atoms with Gasteiger partial charge in [0.1, 0.15) is 0 Å².